The Morgan fingerprint density at radius 3 is 2.28 bits per heavy atom. The minimum atomic E-state index is 0.417. The van der Waals surface area contributed by atoms with Gasteiger partial charge in [-0.1, -0.05) is 76.5 Å². The van der Waals surface area contributed by atoms with Crippen LogP contribution in [0.5, 0.6) is 11.5 Å². The second-order valence-electron chi connectivity index (χ2n) is 7.15. The molecule has 2 nitrogen and oxygen atoms in total. The van der Waals surface area contributed by atoms with E-state index in [1.54, 1.807) is 0 Å². The molecule has 2 heteroatoms. The van der Waals surface area contributed by atoms with Crippen LogP contribution >= 0.6 is 0 Å². The van der Waals surface area contributed by atoms with Gasteiger partial charge >= 0.3 is 0 Å². The fourth-order valence-electron chi connectivity index (χ4n) is 3.37. The van der Waals surface area contributed by atoms with Crippen molar-refractivity contribution in [1.82, 2.24) is 0 Å². The van der Waals surface area contributed by atoms with Gasteiger partial charge in [0.05, 0.1) is 6.61 Å². The van der Waals surface area contributed by atoms with E-state index in [1.165, 1.54) is 44.1 Å². The molecule has 2 aromatic rings. The molecule has 138 valence electrons. The Labute approximate surface area is 153 Å². The van der Waals surface area contributed by atoms with Crippen molar-refractivity contribution in [3.05, 3.63) is 35.4 Å². The molecule has 0 bridgehead atoms. The highest BCUT2D eigenvalue weighted by Crippen LogP contribution is 2.37. The first-order valence-electron chi connectivity index (χ1n) is 10.0. The van der Waals surface area contributed by atoms with Crippen molar-refractivity contribution in [2.24, 2.45) is 0 Å². The molecule has 0 aliphatic heterocycles. The number of fused-ring (bicyclic) bond motifs is 1. The summed E-state index contributed by atoms with van der Waals surface area (Å²) in [6.45, 7) is 7.23. The third-order valence-electron chi connectivity index (χ3n) is 4.83. The Bertz CT molecular complexity index is 661. The summed E-state index contributed by atoms with van der Waals surface area (Å²) < 4.78 is 6.13. The number of hydrogen-bond donors (Lipinski definition) is 1. The zero-order valence-electron chi connectivity index (χ0n) is 16.2. The highest BCUT2D eigenvalue weighted by molar-refractivity contribution is 5.94. The van der Waals surface area contributed by atoms with E-state index in [-0.39, 0.29) is 0 Å². The monoisotopic (exact) mass is 342 g/mol. The predicted molar refractivity (Wildman–Crippen MR) is 108 cm³/mol. The molecule has 0 amide bonds. The van der Waals surface area contributed by atoms with Gasteiger partial charge in [-0.15, -0.1) is 0 Å². The van der Waals surface area contributed by atoms with E-state index >= 15 is 0 Å². The van der Waals surface area contributed by atoms with E-state index in [9.17, 15) is 5.11 Å². The van der Waals surface area contributed by atoms with Crippen LogP contribution in [-0.4, -0.2) is 11.7 Å². The van der Waals surface area contributed by atoms with Gasteiger partial charge in [0.25, 0.3) is 0 Å². The number of unbranched alkanes of at least 4 members (excludes halogenated alkanes) is 6. The average Bonchev–Trinajstić information content (AvgIpc) is 2.61. The van der Waals surface area contributed by atoms with E-state index in [4.69, 9.17) is 4.74 Å². The molecule has 0 aliphatic rings. The number of benzene rings is 2. The highest BCUT2D eigenvalue weighted by Gasteiger charge is 2.12. The van der Waals surface area contributed by atoms with Gasteiger partial charge in [-0.25, -0.2) is 0 Å². The summed E-state index contributed by atoms with van der Waals surface area (Å²) in [5.74, 6) is 1.34. The molecule has 2 rings (SSSR count). The molecular formula is C23H34O2. The summed E-state index contributed by atoms with van der Waals surface area (Å²) >= 11 is 0. The first-order valence-corrected chi connectivity index (χ1v) is 10.0. The van der Waals surface area contributed by atoms with Crippen molar-refractivity contribution in [2.75, 3.05) is 6.61 Å². The lowest BCUT2D eigenvalue weighted by molar-refractivity contribution is 0.307. The Morgan fingerprint density at radius 2 is 1.56 bits per heavy atom. The van der Waals surface area contributed by atoms with Gasteiger partial charge in [0.1, 0.15) is 11.5 Å². The maximum atomic E-state index is 10.6. The molecule has 25 heavy (non-hydrogen) atoms. The van der Waals surface area contributed by atoms with Crippen LogP contribution < -0.4 is 4.74 Å². The van der Waals surface area contributed by atoms with Gasteiger partial charge < -0.3 is 9.84 Å². The number of aromatic hydroxyl groups is 1. The molecule has 0 unspecified atom stereocenters. The Morgan fingerprint density at radius 1 is 0.840 bits per heavy atom. The zero-order chi connectivity index (χ0) is 18.1. The molecule has 0 atom stereocenters. The number of aryl methyl sites for hydroxylation is 2. The summed E-state index contributed by atoms with van der Waals surface area (Å²) in [5, 5.41) is 12.5. The van der Waals surface area contributed by atoms with Gasteiger partial charge in [0.2, 0.25) is 0 Å². The lowest BCUT2D eigenvalue weighted by atomic mass is 10.00. The van der Waals surface area contributed by atoms with E-state index in [0.717, 1.165) is 48.0 Å². The molecule has 0 fully saturated rings. The maximum Gasteiger partial charge on any atom is 0.127 e. The Balaban J connectivity index is 2.01. The third kappa shape index (κ3) is 5.66. The van der Waals surface area contributed by atoms with Crippen molar-refractivity contribution in [1.29, 1.82) is 0 Å². The highest BCUT2D eigenvalue weighted by atomic mass is 16.5. The van der Waals surface area contributed by atoms with Crippen molar-refractivity contribution >= 4 is 10.8 Å². The summed E-state index contributed by atoms with van der Waals surface area (Å²) in [7, 11) is 0. The third-order valence-corrected chi connectivity index (χ3v) is 4.83. The van der Waals surface area contributed by atoms with Crippen LogP contribution in [0.4, 0.5) is 0 Å². The minimum Gasteiger partial charge on any atom is -0.507 e. The second kappa shape index (κ2) is 10.3. The molecule has 1 N–H and O–H groups in total. The molecule has 0 saturated heterocycles. The van der Waals surface area contributed by atoms with Gasteiger partial charge in [-0.05, 0) is 37.5 Å². The molecular weight excluding hydrogens is 308 g/mol. The molecule has 0 spiro atoms. The van der Waals surface area contributed by atoms with Gasteiger partial charge in [-0.2, -0.15) is 0 Å². The molecule has 0 aromatic heterocycles. The minimum absolute atomic E-state index is 0.417. The summed E-state index contributed by atoms with van der Waals surface area (Å²) in [6.07, 6.45) is 10.9. The van der Waals surface area contributed by atoms with E-state index in [0.29, 0.717) is 5.75 Å². The van der Waals surface area contributed by atoms with E-state index in [2.05, 4.69) is 32.9 Å². The lowest BCUT2D eigenvalue weighted by Gasteiger charge is -2.14. The molecule has 0 radical (unpaired) electrons. The number of phenolic OH excluding ortho intramolecular Hbond substituents is 1. The fourth-order valence-corrected chi connectivity index (χ4v) is 3.37. The summed E-state index contributed by atoms with van der Waals surface area (Å²) in [5.41, 5.74) is 2.18. The lowest BCUT2D eigenvalue weighted by Crippen LogP contribution is -2.00. The second-order valence-corrected chi connectivity index (χ2v) is 7.15. The van der Waals surface area contributed by atoms with E-state index in [1.807, 2.05) is 12.1 Å². The molecule has 2 aromatic carbocycles. The summed E-state index contributed by atoms with van der Waals surface area (Å²) in [6, 6.07) is 8.23. The normalized spacial score (nSPS) is 11.2. The predicted octanol–water partition coefficient (Wildman–Crippen LogP) is 6.94. The number of ether oxygens (including phenoxy) is 1. The standard InChI is InChI=1S/C23H34O2/c1-4-6-7-8-9-10-11-15-25-22-17-19(12-5-2)23(24)20-14-13-18(3)16-21(20)22/h13-14,16-17,24H,4-12,15H2,1-3H3. The van der Waals surface area contributed by atoms with Crippen molar-refractivity contribution in [2.45, 2.75) is 78.6 Å². The largest absolute Gasteiger partial charge is 0.507 e. The van der Waals surface area contributed by atoms with Crippen LogP contribution in [0.15, 0.2) is 24.3 Å². The van der Waals surface area contributed by atoms with Crippen LogP contribution in [0.1, 0.15) is 76.3 Å². The first kappa shape index (κ1) is 19.6. The van der Waals surface area contributed by atoms with Crippen LogP contribution in [0.3, 0.4) is 0 Å². The fraction of sp³-hybridized carbons (Fsp3) is 0.565. The Kier molecular flexibility index (Phi) is 8.11. The van der Waals surface area contributed by atoms with Crippen molar-refractivity contribution in [3.8, 4) is 11.5 Å². The molecule has 0 aliphatic carbocycles. The van der Waals surface area contributed by atoms with Crippen molar-refractivity contribution < 1.29 is 9.84 Å². The topological polar surface area (TPSA) is 29.5 Å². The SMILES string of the molecule is CCCCCCCCCOc1cc(CCC)c(O)c2ccc(C)cc12. The van der Waals surface area contributed by atoms with Crippen LogP contribution in [0.2, 0.25) is 0 Å². The number of phenols is 1. The first-order chi connectivity index (χ1) is 12.2. The van der Waals surface area contributed by atoms with E-state index < -0.39 is 0 Å². The zero-order valence-corrected chi connectivity index (χ0v) is 16.2. The van der Waals surface area contributed by atoms with Gasteiger partial charge in [-0.3, -0.25) is 0 Å². The maximum absolute atomic E-state index is 10.6. The average molecular weight is 343 g/mol. The van der Waals surface area contributed by atoms with Crippen LogP contribution in [0.25, 0.3) is 10.8 Å². The quantitative estimate of drug-likeness (QED) is 0.448. The Hall–Kier alpha value is -1.70. The van der Waals surface area contributed by atoms with Gasteiger partial charge in [0, 0.05) is 10.8 Å². The molecule has 0 heterocycles. The van der Waals surface area contributed by atoms with Gasteiger partial charge in [0.15, 0.2) is 0 Å². The smallest absolute Gasteiger partial charge is 0.127 e. The summed E-state index contributed by atoms with van der Waals surface area (Å²) in [4.78, 5) is 0. The molecule has 0 saturated carbocycles. The van der Waals surface area contributed by atoms with Crippen LogP contribution in [0, 0.1) is 6.92 Å². The number of hydrogen-bond acceptors (Lipinski definition) is 2. The number of rotatable bonds is 11. The van der Waals surface area contributed by atoms with Crippen LogP contribution in [-0.2, 0) is 6.42 Å². The van der Waals surface area contributed by atoms with Crippen molar-refractivity contribution in [3.63, 3.8) is 0 Å².